The number of likely N-dealkylation sites (tertiary alicyclic amines) is 1. The van der Waals surface area contributed by atoms with Crippen molar-refractivity contribution in [2.45, 2.75) is 18.9 Å². The van der Waals surface area contributed by atoms with Crippen LogP contribution in [0.5, 0.6) is 0 Å². The second kappa shape index (κ2) is 5.57. The van der Waals surface area contributed by atoms with Gasteiger partial charge < -0.3 is 15.1 Å². The highest BCUT2D eigenvalue weighted by Gasteiger charge is 2.24. The van der Waals surface area contributed by atoms with Gasteiger partial charge in [-0.2, -0.15) is 0 Å². The van der Waals surface area contributed by atoms with Crippen LogP contribution < -0.4 is 5.73 Å². The van der Waals surface area contributed by atoms with Gasteiger partial charge in [-0.15, -0.1) is 12.4 Å². The van der Waals surface area contributed by atoms with E-state index in [0.29, 0.717) is 6.54 Å². The number of piperidine rings is 1. The highest BCUT2D eigenvalue weighted by atomic mass is 35.5. The summed E-state index contributed by atoms with van der Waals surface area (Å²) in [5.41, 5.74) is 5.80. The van der Waals surface area contributed by atoms with E-state index in [1.807, 2.05) is 0 Å². The van der Waals surface area contributed by atoms with Crippen LogP contribution in [0.3, 0.4) is 0 Å². The molecule has 0 spiro atoms. The van der Waals surface area contributed by atoms with Crippen LogP contribution in [0.2, 0.25) is 5.22 Å². The minimum Gasteiger partial charge on any atom is -0.440 e. The first-order valence-electron chi connectivity index (χ1n) is 4.97. The summed E-state index contributed by atoms with van der Waals surface area (Å²) in [4.78, 5) is 13.6. The average Bonchev–Trinajstić information content (AvgIpc) is 2.64. The first-order chi connectivity index (χ1) is 7.16. The number of nitrogens with two attached hydrogens (primary N) is 1. The maximum atomic E-state index is 11.9. The molecular weight excluding hydrogens is 251 g/mol. The van der Waals surface area contributed by atoms with Crippen molar-refractivity contribution in [1.29, 1.82) is 0 Å². The zero-order chi connectivity index (χ0) is 10.8. The summed E-state index contributed by atoms with van der Waals surface area (Å²) in [6.45, 7) is 1.34. The molecular formula is C10H14Cl2N2O2. The summed E-state index contributed by atoms with van der Waals surface area (Å²) in [5, 5.41) is 0.236. The minimum atomic E-state index is -0.128. The first-order valence-corrected chi connectivity index (χ1v) is 5.35. The molecule has 1 aromatic rings. The van der Waals surface area contributed by atoms with Gasteiger partial charge in [-0.3, -0.25) is 4.79 Å². The molecule has 4 nitrogen and oxygen atoms in total. The molecule has 1 aliphatic rings. The second-order valence-electron chi connectivity index (χ2n) is 3.76. The Kier molecular flexibility index (Phi) is 4.65. The van der Waals surface area contributed by atoms with Crippen LogP contribution in [-0.2, 0) is 0 Å². The van der Waals surface area contributed by atoms with Gasteiger partial charge in [0.05, 0.1) is 0 Å². The molecule has 1 aromatic heterocycles. The fourth-order valence-electron chi connectivity index (χ4n) is 1.78. The Morgan fingerprint density at radius 1 is 1.56 bits per heavy atom. The summed E-state index contributed by atoms with van der Waals surface area (Å²) in [6.07, 6.45) is 1.92. The van der Waals surface area contributed by atoms with Gasteiger partial charge in [0.2, 0.25) is 0 Å². The number of rotatable bonds is 1. The third-order valence-corrected chi connectivity index (χ3v) is 2.73. The largest absolute Gasteiger partial charge is 0.440 e. The summed E-state index contributed by atoms with van der Waals surface area (Å²) in [7, 11) is 0. The van der Waals surface area contributed by atoms with Gasteiger partial charge in [-0.05, 0) is 36.6 Å². The van der Waals surface area contributed by atoms with E-state index in [0.717, 1.165) is 19.4 Å². The van der Waals surface area contributed by atoms with Gasteiger partial charge in [0.15, 0.2) is 11.0 Å². The summed E-state index contributed by atoms with van der Waals surface area (Å²) in [6, 6.07) is 3.23. The Bertz CT molecular complexity index is 367. The lowest BCUT2D eigenvalue weighted by molar-refractivity contribution is 0.0677. The van der Waals surface area contributed by atoms with E-state index in [1.165, 1.54) is 0 Å². The lowest BCUT2D eigenvalue weighted by Gasteiger charge is -2.29. The fourth-order valence-corrected chi connectivity index (χ4v) is 1.93. The molecule has 16 heavy (non-hydrogen) atoms. The van der Waals surface area contributed by atoms with E-state index in [9.17, 15) is 4.79 Å². The van der Waals surface area contributed by atoms with Gasteiger partial charge >= 0.3 is 0 Å². The molecule has 2 heterocycles. The second-order valence-corrected chi connectivity index (χ2v) is 4.13. The molecule has 1 fully saturated rings. The molecule has 2 N–H and O–H groups in total. The van der Waals surface area contributed by atoms with Gasteiger partial charge in [-0.1, -0.05) is 0 Å². The van der Waals surface area contributed by atoms with Gasteiger partial charge in [0, 0.05) is 19.1 Å². The maximum Gasteiger partial charge on any atom is 0.289 e. The minimum absolute atomic E-state index is 0. The molecule has 1 amide bonds. The van der Waals surface area contributed by atoms with Crippen molar-refractivity contribution >= 4 is 29.9 Å². The van der Waals surface area contributed by atoms with E-state index in [1.54, 1.807) is 17.0 Å². The summed E-state index contributed by atoms with van der Waals surface area (Å²) < 4.78 is 5.07. The fraction of sp³-hybridized carbons (Fsp3) is 0.500. The molecule has 2 rings (SSSR count). The van der Waals surface area contributed by atoms with E-state index < -0.39 is 0 Å². The van der Waals surface area contributed by atoms with Crippen molar-refractivity contribution in [2.24, 2.45) is 5.73 Å². The van der Waals surface area contributed by atoms with Crippen molar-refractivity contribution in [3.05, 3.63) is 23.1 Å². The number of halogens is 2. The number of carbonyl (C=O) groups excluding carboxylic acids is 1. The molecule has 90 valence electrons. The summed E-state index contributed by atoms with van der Waals surface area (Å²) in [5.74, 6) is 0.158. The van der Waals surface area contributed by atoms with Crippen molar-refractivity contribution in [3.8, 4) is 0 Å². The Balaban J connectivity index is 0.00000128. The normalized spacial score (nSPS) is 20.4. The van der Waals surface area contributed by atoms with Crippen LogP contribution >= 0.6 is 24.0 Å². The molecule has 1 aliphatic heterocycles. The molecule has 0 radical (unpaired) electrons. The maximum absolute atomic E-state index is 11.9. The highest BCUT2D eigenvalue weighted by molar-refractivity contribution is 6.29. The molecule has 1 saturated heterocycles. The molecule has 1 atom stereocenters. The molecule has 0 aliphatic carbocycles. The van der Waals surface area contributed by atoms with Crippen LogP contribution in [-0.4, -0.2) is 29.9 Å². The molecule has 0 aromatic carbocycles. The third kappa shape index (κ3) is 2.90. The van der Waals surface area contributed by atoms with E-state index in [-0.39, 0.29) is 35.3 Å². The van der Waals surface area contributed by atoms with Crippen molar-refractivity contribution < 1.29 is 9.21 Å². The third-order valence-electron chi connectivity index (χ3n) is 2.53. The van der Waals surface area contributed by atoms with Gasteiger partial charge in [-0.25, -0.2) is 0 Å². The predicted octanol–water partition coefficient (Wildman–Crippen LogP) is 1.92. The highest BCUT2D eigenvalue weighted by Crippen LogP contribution is 2.17. The summed E-state index contributed by atoms with van der Waals surface area (Å²) >= 11 is 5.61. The molecule has 0 saturated carbocycles. The van der Waals surface area contributed by atoms with E-state index >= 15 is 0 Å². The van der Waals surface area contributed by atoms with Crippen molar-refractivity contribution in [3.63, 3.8) is 0 Å². The Hall–Kier alpha value is -0.710. The van der Waals surface area contributed by atoms with Crippen LogP contribution in [0.15, 0.2) is 16.5 Å². The van der Waals surface area contributed by atoms with Crippen LogP contribution in [0.4, 0.5) is 0 Å². The Morgan fingerprint density at radius 2 is 2.31 bits per heavy atom. The smallest absolute Gasteiger partial charge is 0.289 e. The molecule has 0 bridgehead atoms. The van der Waals surface area contributed by atoms with E-state index in [2.05, 4.69) is 0 Å². The van der Waals surface area contributed by atoms with Gasteiger partial charge in [0.25, 0.3) is 5.91 Å². The quantitative estimate of drug-likeness (QED) is 0.843. The van der Waals surface area contributed by atoms with Crippen LogP contribution in [0.25, 0.3) is 0 Å². The lowest BCUT2D eigenvalue weighted by Crippen LogP contribution is -2.45. The first kappa shape index (κ1) is 13.4. The Labute approximate surface area is 105 Å². The number of furan rings is 1. The van der Waals surface area contributed by atoms with E-state index in [4.69, 9.17) is 21.8 Å². The Morgan fingerprint density at radius 3 is 2.88 bits per heavy atom. The lowest BCUT2D eigenvalue weighted by atomic mass is 10.1. The van der Waals surface area contributed by atoms with Gasteiger partial charge in [0.1, 0.15) is 0 Å². The SMILES string of the molecule is Cl.N[C@@H]1CCCN(C(=O)c2ccc(Cl)o2)C1. The molecule has 0 unspecified atom stereocenters. The zero-order valence-corrected chi connectivity index (χ0v) is 10.3. The van der Waals surface area contributed by atoms with Crippen molar-refractivity contribution in [2.75, 3.05) is 13.1 Å². The predicted molar refractivity (Wildman–Crippen MR) is 64.1 cm³/mol. The zero-order valence-electron chi connectivity index (χ0n) is 8.69. The average molecular weight is 265 g/mol. The standard InChI is InChI=1S/C10H13ClN2O2.ClH/c11-9-4-3-8(15-9)10(14)13-5-1-2-7(12)6-13;/h3-4,7H,1-2,5-6,12H2;1H/t7-;/m1./s1. The van der Waals surface area contributed by atoms with Crippen LogP contribution in [0.1, 0.15) is 23.4 Å². The van der Waals surface area contributed by atoms with Crippen LogP contribution in [0, 0.1) is 0 Å². The number of hydrogen-bond donors (Lipinski definition) is 1. The number of nitrogens with zero attached hydrogens (tertiary/aromatic N) is 1. The molecule has 6 heteroatoms. The van der Waals surface area contributed by atoms with Crippen molar-refractivity contribution in [1.82, 2.24) is 4.90 Å². The number of carbonyl (C=O) groups is 1. The number of hydrogen-bond acceptors (Lipinski definition) is 3. The number of amides is 1. The topological polar surface area (TPSA) is 59.5 Å². The monoisotopic (exact) mass is 264 g/mol.